The highest BCUT2D eigenvalue weighted by molar-refractivity contribution is 7.45. The smallest absolute Gasteiger partial charge is 0.306 e. The number of carbonyl (C=O) groups is 2. The Morgan fingerprint density at radius 2 is 0.911 bits per heavy atom. The predicted molar refractivity (Wildman–Crippen MR) is 231 cm³/mol. The Balaban J connectivity index is 4.33. The summed E-state index contributed by atoms with van der Waals surface area (Å²) >= 11 is 0. The SMILES string of the molecule is CCCCCC/C=C\CCCCCCCCCC(=O)OC[C@H](COP(=O)([O-])OCC[N+](C)(C)C)OC(=O)CCCCCCCCC/C=C\CCCCCCCC. The van der Waals surface area contributed by atoms with Gasteiger partial charge < -0.3 is 27.9 Å². The first-order valence-electron chi connectivity index (χ1n) is 23.0. The van der Waals surface area contributed by atoms with Crippen molar-refractivity contribution in [2.75, 3.05) is 47.5 Å². The van der Waals surface area contributed by atoms with Crippen LogP contribution in [0.15, 0.2) is 24.3 Å². The van der Waals surface area contributed by atoms with Gasteiger partial charge in [0.15, 0.2) is 6.10 Å². The molecule has 0 aromatic heterocycles. The molecule has 0 rings (SSSR count). The van der Waals surface area contributed by atoms with Gasteiger partial charge in [-0.15, -0.1) is 0 Å². The lowest BCUT2D eigenvalue weighted by Gasteiger charge is -2.28. The molecule has 0 spiro atoms. The largest absolute Gasteiger partial charge is 0.756 e. The van der Waals surface area contributed by atoms with Crippen molar-refractivity contribution in [3.63, 3.8) is 0 Å². The van der Waals surface area contributed by atoms with Gasteiger partial charge in [-0.05, 0) is 64.2 Å². The van der Waals surface area contributed by atoms with Crippen LogP contribution in [0, 0.1) is 0 Å². The van der Waals surface area contributed by atoms with Gasteiger partial charge in [0, 0.05) is 12.8 Å². The highest BCUT2D eigenvalue weighted by Gasteiger charge is 2.21. The molecular formula is C46H88NO8P. The molecule has 0 fully saturated rings. The van der Waals surface area contributed by atoms with Gasteiger partial charge in [0.05, 0.1) is 27.7 Å². The van der Waals surface area contributed by atoms with E-state index in [2.05, 4.69) is 38.2 Å². The number of carbonyl (C=O) groups excluding carboxylic acids is 2. The number of esters is 2. The summed E-state index contributed by atoms with van der Waals surface area (Å²) in [6.45, 7) is 4.22. The van der Waals surface area contributed by atoms with E-state index in [9.17, 15) is 19.0 Å². The average Bonchev–Trinajstić information content (AvgIpc) is 3.15. The first-order chi connectivity index (χ1) is 27.0. The summed E-state index contributed by atoms with van der Waals surface area (Å²) in [5, 5.41) is 0. The molecule has 0 aliphatic carbocycles. The Hall–Kier alpha value is -1.51. The molecule has 0 aliphatic heterocycles. The van der Waals surface area contributed by atoms with Gasteiger partial charge in [-0.2, -0.15) is 0 Å². The van der Waals surface area contributed by atoms with Crippen molar-refractivity contribution in [1.82, 2.24) is 0 Å². The number of phosphoric ester groups is 1. The van der Waals surface area contributed by atoms with Crippen LogP contribution in [0.3, 0.4) is 0 Å². The van der Waals surface area contributed by atoms with Crippen LogP contribution in [0.5, 0.6) is 0 Å². The van der Waals surface area contributed by atoms with Crippen LogP contribution in [0.25, 0.3) is 0 Å². The molecule has 2 atom stereocenters. The van der Waals surface area contributed by atoms with Crippen LogP contribution in [0.1, 0.15) is 206 Å². The molecule has 10 heteroatoms. The van der Waals surface area contributed by atoms with Gasteiger partial charge in [0.2, 0.25) is 0 Å². The highest BCUT2D eigenvalue weighted by atomic mass is 31.2. The molecule has 0 heterocycles. The number of phosphoric acid groups is 1. The summed E-state index contributed by atoms with van der Waals surface area (Å²) in [7, 11) is 1.16. The lowest BCUT2D eigenvalue weighted by molar-refractivity contribution is -0.870. The van der Waals surface area contributed by atoms with Gasteiger partial charge in [0.1, 0.15) is 19.8 Å². The molecule has 330 valence electrons. The summed E-state index contributed by atoms with van der Waals surface area (Å²) in [5.74, 6) is -0.839. The molecule has 0 radical (unpaired) electrons. The fourth-order valence-electron chi connectivity index (χ4n) is 6.29. The Labute approximate surface area is 345 Å². The zero-order valence-corrected chi connectivity index (χ0v) is 38.0. The van der Waals surface area contributed by atoms with Crippen molar-refractivity contribution in [2.24, 2.45) is 0 Å². The Bertz CT molecular complexity index is 1010. The summed E-state index contributed by atoms with van der Waals surface area (Å²) < 4.78 is 33.9. The Kier molecular flexibility index (Phi) is 37.9. The van der Waals surface area contributed by atoms with E-state index in [0.717, 1.165) is 57.8 Å². The number of ether oxygens (including phenoxy) is 2. The number of unbranched alkanes of at least 4 members (excludes halogenated alkanes) is 24. The topological polar surface area (TPSA) is 111 Å². The van der Waals surface area contributed by atoms with E-state index in [4.69, 9.17) is 18.5 Å². The van der Waals surface area contributed by atoms with Crippen LogP contribution >= 0.6 is 7.82 Å². The van der Waals surface area contributed by atoms with Crippen molar-refractivity contribution in [1.29, 1.82) is 0 Å². The van der Waals surface area contributed by atoms with Gasteiger partial charge in [0.25, 0.3) is 7.82 Å². The third kappa shape index (κ3) is 42.1. The molecule has 9 nitrogen and oxygen atoms in total. The fourth-order valence-corrected chi connectivity index (χ4v) is 7.02. The maximum atomic E-state index is 12.7. The van der Waals surface area contributed by atoms with Crippen LogP contribution in [-0.2, 0) is 32.7 Å². The second-order valence-corrected chi connectivity index (χ2v) is 18.2. The summed E-state index contributed by atoms with van der Waals surface area (Å²) in [6.07, 6.45) is 41.9. The van der Waals surface area contributed by atoms with E-state index < -0.39 is 26.5 Å². The zero-order valence-electron chi connectivity index (χ0n) is 37.1. The molecule has 0 saturated heterocycles. The van der Waals surface area contributed by atoms with E-state index in [-0.39, 0.29) is 32.0 Å². The number of rotatable bonds is 42. The first-order valence-corrected chi connectivity index (χ1v) is 24.5. The number of allylic oxidation sites excluding steroid dienone is 4. The normalized spacial score (nSPS) is 13.8. The van der Waals surface area contributed by atoms with Crippen LogP contribution in [0.4, 0.5) is 0 Å². The van der Waals surface area contributed by atoms with Crippen molar-refractivity contribution in [2.45, 2.75) is 213 Å². The van der Waals surface area contributed by atoms with Crippen molar-refractivity contribution in [3.05, 3.63) is 24.3 Å². The summed E-state index contributed by atoms with van der Waals surface area (Å²) in [4.78, 5) is 37.6. The molecule has 56 heavy (non-hydrogen) atoms. The number of quaternary nitrogens is 1. The Morgan fingerprint density at radius 3 is 1.34 bits per heavy atom. The number of hydrogen-bond acceptors (Lipinski definition) is 8. The Morgan fingerprint density at radius 1 is 0.536 bits per heavy atom. The molecule has 0 aromatic carbocycles. The van der Waals surface area contributed by atoms with E-state index in [0.29, 0.717) is 17.4 Å². The van der Waals surface area contributed by atoms with E-state index in [1.165, 1.54) is 116 Å². The molecule has 0 bridgehead atoms. The molecule has 0 N–H and O–H groups in total. The van der Waals surface area contributed by atoms with Gasteiger partial charge in [-0.25, -0.2) is 0 Å². The monoisotopic (exact) mass is 814 g/mol. The second kappa shape index (κ2) is 39.0. The standard InChI is InChI=1S/C46H88NO8P/c1-6-8-10-12-14-16-18-20-22-23-25-27-29-31-33-35-37-39-46(49)55-44(43-54-56(50,51)53-41-40-47(3,4)5)42-52-45(48)38-36-34-32-30-28-26-24-21-19-17-15-13-11-9-7-2/h17,19-20,22,44H,6-16,18,21,23-43H2,1-5H3/b19-17-,22-20-/t44-/m1/s1. The molecule has 0 saturated carbocycles. The number of likely N-dealkylation sites (N-methyl/N-ethyl adjacent to an activating group) is 1. The van der Waals surface area contributed by atoms with Crippen LogP contribution < -0.4 is 4.89 Å². The second-order valence-electron chi connectivity index (χ2n) is 16.8. The number of hydrogen-bond donors (Lipinski definition) is 0. The summed E-state index contributed by atoms with van der Waals surface area (Å²) in [5.41, 5.74) is 0. The molecule has 0 aliphatic rings. The number of nitrogens with zero attached hydrogens (tertiary/aromatic N) is 1. The van der Waals surface area contributed by atoms with Gasteiger partial charge in [-0.1, -0.05) is 154 Å². The minimum Gasteiger partial charge on any atom is -0.756 e. The van der Waals surface area contributed by atoms with E-state index >= 15 is 0 Å². The van der Waals surface area contributed by atoms with Gasteiger partial charge in [-0.3, -0.25) is 14.2 Å². The summed E-state index contributed by atoms with van der Waals surface area (Å²) in [6, 6.07) is 0. The maximum Gasteiger partial charge on any atom is 0.306 e. The minimum atomic E-state index is -4.62. The van der Waals surface area contributed by atoms with Crippen LogP contribution in [-0.4, -0.2) is 70.0 Å². The minimum absolute atomic E-state index is 0.0311. The predicted octanol–water partition coefficient (Wildman–Crippen LogP) is 12.5. The molecular weight excluding hydrogens is 725 g/mol. The molecule has 0 aromatic rings. The van der Waals surface area contributed by atoms with Gasteiger partial charge >= 0.3 is 11.9 Å². The quantitative estimate of drug-likeness (QED) is 0.0197. The fraction of sp³-hybridized carbons (Fsp3) is 0.870. The van der Waals surface area contributed by atoms with E-state index in [1.54, 1.807) is 0 Å². The van der Waals surface area contributed by atoms with E-state index in [1.807, 2.05) is 21.1 Å². The van der Waals surface area contributed by atoms with Crippen molar-refractivity contribution < 1.29 is 42.1 Å². The highest BCUT2D eigenvalue weighted by Crippen LogP contribution is 2.38. The lowest BCUT2D eigenvalue weighted by atomic mass is 10.1. The lowest BCUT2D eigenvalue weighted by Crippen LogP contribution is -2.37. The average molecular weight is 814 g/mol. The maximum absolute atomic E-state index is 12.7. The van der Waals surface area contributed by atoms with Crippen molar-refractivity contribution in [3.8, 4) is 0 Å². The molecule has 1 unspecified atom stereocenters. The van der Waals surface area contributed by atoms with Crippen molar-refractivity contribution >= 4 is 19.8 Å². The third-order valence-corrected chi connectivity index (χ3v) is 10.9. The molecule has 0 amide bonds. The zero-order chi connectivity index (χ0) is 41.4. The first kappa shape index (κ1) is 54.5. The third-order valence-electron chi connectivity index (χ3n) is 9.94. The van der Waals surface area contributed by atoms with Crippen LogP contribution in [0.2, 0.25) is 0 Å².